The SMILES string of the molecule is CC(C)(C)OC(=O)N1CCC(Nc2ccncc2[N+](=O)[O-])[C@H]1C(C)(C)C. The predicted molar refractivity (Wildman–Crippen MR) is 99.1 cm³/mol. The number of nitrogens with zero attached hydrogens (tertiary/aromatic N) is 3. The second-order valence-electron chi connectivity index (χ2n) is 8.67. The average molecular weight is 364 g/mol. The van der Waals surface area contributed by atoms with E-state index in [2.05, 4.69) is 31.1 Å². The van der Waals surface area contributed by atoms with Crippen LogP contribution in [0.4, 0.5) is 16.2 Å². The Morgan fingerprint density at radius 2 is 2.00 bits per heavy atom. The van der Waals surface area contributed by atoms with Crippen LogP contribution >= 0.6 is 0 Å². The average Bonchev–Trinajstić information content (AvgIpc) is 2.89. The van der Waals surface area contributed by atoms with Crippen molar-refractivity contribution in [1.82, 2.24) is 9.88 Å². The molecule has 1 aliphatic rings. The number of nitrogens with one attached hydrogen (secondary N) is 1. The molecule has 0 bridgehead atoms. The van der Waals surface area contributed by atoms with Gasteiger partial charge in [-0.1, -0.05) is 20.8 Å². The number of carbonyl (C=O) groups excluding carboxylic acids is 1. The van der Waals surface area contributed by atoms with Crippen molar-refractivity contribution >= 4 is 17.5 Å². The maximum absolute atomic E-state index is 12.6. The number of amides is 1. The molecule has 0 aromatic carbocycles. The van der Waals surface area contributed by atoms with Gasteiger partial charge >= 0.3 is 11.8 Å². The van der Waals surface area contributed by atoms with Gasteiger partial charge in [0.05, 0.1) is 11.0 Å². The summed E-state index contributed by atoms with van der Waals surface area (Å²) in [6.07, 6.45) is 3.07. The molecule has 144 valence electrons. The molecule has 2 heterocycles. The summed E-state index contributed by atoms with van der Waals surface area (Å²) in [5.41, 5.74) is -0.465. The number of aromatic nitrogens is 1. The molecule has 0 radical (unpaired) electrons. The molecular weight excluding hydrogens is 336 g/mol. The molecule has 1 amide bonds. The standard InChI is InChI=1S/C18H28N4O4/c1-17(2,3)15-13(8-10-21(15)16(23)26-18(4,5)6)20-12-7-9-19-11-14(12)22(24)25/h7,9,11,13,15H,8,10H2,1-6H3,(H,19,20)/t13?,15-/m0/s1. The minimum absolute atomic E-state index is 0.0733. The number of hydrogen-bond donors (Lipinski definition) is 1. The van der Waals surface area contributed by atoms with Crippen molar-refractivity contribution in [3.8, 4) is 0 Å². The highest BCUT2D eigenvalue weighted by molar-refractivity contribution is 5.70. The fourth-order valence-corrected chi connectivity index (χ4v) is 3.39. The highest BCUT2D eigenvalue weighted by Crippen LogP contribution is 2.36. The van der Waals surface area contributed by atoms with Crippen LogP contribution in [0, 0.1) is 15.5 Å². The van der Waals surface area contributed by atoms with Crippen LogP contribution < -0.4 is 5.32 Å². The summed E-state index contributed by atoms with van der Waals surface area (Å²) in [5, 5.41) is 14.5. The number of carbonyl (C=O) groups is 1. The first kappa shape index (κ1) is 19.9. The van der Waals surface area contributed by atoms with E-state index in [1.165, 1.54) is 12.4 Å². The van der Waals surface area contributed by atoms with Gasteiger partial charge in [-0.25, -0.2) is 4.79 Å². The van der Waals surface area contributed by atoms with Gasteiger partial charge in [-0.2, -0.15) is 0 Å². The summed E-state index contributed by atoms with van der Waals surface area (Å²) in [6, 6.07) is 1.31. The van der Waals surface area contributed by atoms with Crippen LogP contribution in [-0.2, 0) is 4.74 Å². The maximum atomic E-state index is 12.6. The lowest BCUT2D eigenvalue weighted by molar-refractivity contribution is -0.384. The summed E-state index contributed by atoms with van der Waals surface area (Å²) >= 11 is 0. The van der Waals surface area contributed by atoms with Crippen LogP contribution in [0.3, 0.4) is 0 Å². The number of nitro groups is 1. The maximum Gasteiger partial charge on any atom is 0.410 e. The normalized spacial score (nSPS) is 20.8. The zero-order chi connectivity index (χ0) is 19.7. The Kier molecular flexibility index (Phi) is 5.44. The fraction of sp³-hybridized carbons (Fsp3) is 0.667. The minimum Gasteiger partial charge on any atom is -0.444 e. The monoisotopic (exact) mass is 364 g/mol. The Morgan fingerprint density at radius 1 is 1.35 bits per heavy atom. The van der Waals surface area contributed by atoms with Crippen LogP contribution in [-0.4, -0.2) is 45.1 Å². The molecule has 1 unspecified atom stereocenters. The quantitative estimate of drug-likeness (QED) is 0.647. The van der Waals surface area contributed by atoms with Gasteiger partial charge in [0.15, 0.2) is 0 Å². The highest BCUT2D eigenvalue weighted by atomic mass is 16.6. The molecular formula is C18H28N4O4. The van der Waals surface area contributed by atoms with Gasteiger partial charge in [-0.05, 0) is 38.7 Å². The fourth-order valence-electron chi connectivity index (χ4n) is 3.39. The molecule has 1 aromatic rings. The van der Waals surface area contributed by atoms with E-state index in [1.54, 1.807) is 11.0 Å². The summed E-state index contributed by atoms with van der Waals surface area (Å²) in [6.45, 7) is 12.2. The van der Waals surface area contributed by atoms with Crippen molar-refractivity contribution in [3.63, 3.8) is 0 Å². The van der Waals surface area contributed by atoms with Gasteiger partial charge in [0, 0.05) is 18.8 Å². The Labute approximate surface area is 154 Å². The van der Waals surface area contributed by atoms with Gasteiger partial charge in [-0.3, -0.25) is 15.1 Å². The van der Waals surface area contributed by atoms with Crippen LogP contribution in [0.5, 0.6) is 0 Å². The van der Waals surface area contributed by atoms with Gasteiger partial charge < -0.3 is 15.0 Å². The van der Waals surface area contributed by atoms with Crippen molar-refractivity contribution < 1.29 is 14.5 Å². The van der Waals surface area contributed by atoms with Crippen molar-refractivity contribution in [2.45, 2.75) is 65.6 Å². The first-order valence-electron chi connectivity index (χ1n) is 8.75. The summed E-state index contributed by atoms with van der Waals surface area (Å²) in [5.74, 6) is 0. The molecule has 1 aliphatic heterocycles. The lowest BCUT2D eigenvalue weighted by Crippen LogP contribution is -2.51. The van der Waals surface area contributed by atoms with Crippen molar-refractivity contribution in [3.05, 3.63) is 28.6 Å². The number of likely N-dealkylation sites (tertiary alicyclic amines) is 1. The number of rotatable bonds is 3. The Balaban J connectivity index is 2.27. The van der Waals surface area contributed by atoms with E-state index in [-0.39, 0.29) is 29.3 Å². The van der Waals surface area contributed by atoms with E-state index in [4.69, 9.17) is 4.74 Å². The highest BCUT2D eigenvalue weighted by Gasteiger charge is 2.45. The molecule has 2 atom stereocenters. The van der Waals surface area contributed by atoms with Gasteiger partial charge in [0.25, 0.3) is 0 Å². The topological polar surface area (TPSA) is 97.6 Å². The molecule has 8 heteroatoms. The van der Waals surface area contributed by atoms with Crippen molar-refractivity contribution in [2.75, 3.05) is 11.9 Å². The summed E-state index contributed by atoms with van der Waals surface area (Å²) < 4.78 is 5.55. The van der Waals surface area contributed by atoms with E-state index in [0.717, 1.165) is 0 Å². The van der Waals surface area contributed by atoms with E-state index < -0.39 is 10.5 Å². The summed E-state index contributed by atoms with van der Waals surface area (Å²) in [4.78, 5) is 29.0. The summed E-state index contributed by atoms with van der Waals surface area (Å²) in [7, 11) is 0. The lowest BCUT2D eigenvalue weighted by Gasteiger charge is -2.39. The van der Waals surface area contributed by atoms with Crippen molar-refractivity contribution in [2.24, 2.45) is 5.41 Å². The van der Waals surface area contributed by atoms with Crippen molar-refractivity contribution in [1.29, 1.82) is 0 Å². The lowest BCUT2D eigenvalue weighted by atomic mass is 9.82. The zero-order valence-electron chi connectivity index (χ0n) is 16.3. The van der Waals surface area contributed by atoms with E-state index in [9.17, 15) is 14.9 Å². The van der Waals surface area contributed by atoms with Crippen LogP contribution in [0.1, 0.15) is 48.0 Å². The molecule has 1 saturated heterocycles. The third-order valence-corrected chi connectivity index (χ3v) is 4.25. The number of anilines is 1. The minimum atomic E-state index is -0.574. The van der Waals surface area contributed by atoms with Gasteiger partial charge in [0.2, 0.25) is 0 Å². The molecule has 1 fully saturated rings. The third kappa shape index (κ3) is 4.62. The zero-order valence-corrected chi connectivity index (χ0v) is 16.3. The largest absolute Gasteiger partial charge is 0.444 e. The second-order valence-corrected chi connectivity index (χ2v) is 8.67. The molecule has 0 aliphatic carbocycles. The molecule has 1 N–H and O–H groups in total. The number of pyridine rings is 1. The van der Waals surface area contributed by atoms with Gasteiger partial charge in [0.1, 0.15) is 17.5 Å². The third-order valence-electron chi connectivity index (χ3n) is 4.25. The molecule has 26 heavy (non-hydrogen) atoms. The van der Waals surface area contributed by atoms with Crippen LogP contribution in [0.15, 0.2) is 18.5 Å². The number of hydrogen-bond acceptors (Lipinski definition) is 6. The smallest absolute Gasteiger partial charge is 0.410 e. The van der Waals surface area contributed by atoms with Crippen LogP contribution in [0.25, 0.3) is 0 Å². The van der Waals surface area contributed by atoms with Gasteiger partial charge in [-0.15, -0.1) is 0 Å². The Morgan fingerprint density at radius 3 is 2.54 bits per heavy atom. The Bertz CT molecular complexity index is 679. The van der Waals surface area contributed by atoms with Crippen LogP contribution in [0.2, 0.25) is 0 Å². The molecule has 0 spiro atoms. The van der Waals surface area contributed by atoms with E-state index in [0.29, 0.717) is 18.7 Å². The molecule has 1 aromatic heterocycles. The first-order chi connectivity index (χ1) is 11.9. The first-order valence-corrected chi connectivity index (χ1v) is 8.75. The van der Waals surface area contributed by atoms with E-state index in [1.807, 2.05) is 20.8 Å². The second kappa shape index (κ2) is 7.09. The molecule has 0 saturated carbocycles. The number of ether oxygens (including phenoxy) is 1. The molecule has 2 rings (SSSR count). The Hall–Kier alpha value is -2.38. The molecule has 8 nitrogen and oxygen atoms in total. The van der Waals surface area contributed by atoms with E-state index >= 15 is 0 Å². The predicted octanol–water partition coefficient (Wildman–Crippen LogP) is 3.83.